The highest BCUT2D eigenvalue weighted by atomic mass is 16.5. The fourth-order valence-corrected chi connectivity index (χ4v) is 3.51. The third kappa shape index (κ3) is 3.25. The molecule has 0 aliphatic heterocycles. The van der Waals surface area contributed by atoms with Gasteiger partial charge in [0.1, 0.15) is 12.4 Å². The van der Waals surface area contributed by atoms with Crippen LogP contribution in [0.1, 0.15) is 16.2 Å². The van der Waals surface area contributed by atoms with Crippen LogP contribution in [-0.2, 0) is 6.61 Å². The highest BCUT2D eigenvalue weighted by Crippen LogP contribution is 2.23. The van der Waals surface area contributed by atoms with Crippen molar-refractivity contribution in [1.29, 1.82) is 0 Å². The lowest BCUT2D eigenvalue weighted by atomic mass is 10.1. The molecular formula is C25H18N2O2. The molecule has 0 bridgehead atoms. The number of ether oxygens (including phenoxy) is 1. The van der Waals surface area contributed by atoms with Crippen molar-refractivity contribution in [2.75, 3.05) is 0 Å². The second-order valence-electron chi connectivity index (χ2n) is 6.82. The molecule has 4 heteroatoms. The Balaban J connectivity index is 1.51. The van der Waals surface area contributed by atoms with Crippen LogP contribution in [0.4, 0.5) is 0 Å². The SMILES string of the molecule is O=C(c1ccccc1)n1c(COc2ccc3ccccc3c2)nc2ccccc21. The van der Waals surface area contributed by atoms with Crippen LogP contribution in [-0.4, -0.2) is 15.5 Å². The van der Waals surface area contributed by atoms with E-state index < -0.39 is 0 Å². The number of para-hydroxylation sites is 2. The molecule has 0 saturated carbocycles. The lowest BCUT2D eigenvalue weighted by molar-refractivity contribution is 0.0956. The third-order valence-corrected chi connectivity index (χ3v) is 4.94. The lowest BCUT2D eigenvalue weighted by Gasteiger charge is -2.10. The van der Waals surface area contributed by atoms with E-state index in [2.05, 4.69) is 17.1 Å². The summed E-state index contributed by atoms with van der Waals surface area (Å²) >= 11 is 0. The summed E-state index contributed by atoms with van der Waals surface area (Å²) in [6.45, 7) is 0.200. The van der Waals surface area contributed by atoms with Crippen molar-refractivity contribution in [2.24, 2.45) is 0 Å². The molecule has 5 aromatic rings. The minimum atomic E-state index is -0.114. The zero-order valence-electron chi connectivity index (χ0n) is 15.7. The number of carbonyl (C=O) groups excluding carboxylic acids is 1. The molecule has 0 spiro atoms. The minimum absolute atomic E-state index is 0.114. The molecular weight excluding hydrogens is 360 g/mol. The van der Waals surface area contributed by atoms with Gasteiger partial charge in [-0.3, -0.25) is 9.36 Å². The zero-order valence-corrected chi connectivity index (χ0v) is 15.7. The highest BCUT2D eigenvalue weighted by Gasteiger charge is 2.18. The number of rotatable bonds is 4. The average molecular weight is 378 g/mol. The Morgan fingerprint density at radius 2 is 1.52 bits per heavy atom. The number of hydrogen-bond donors (Lipinski definition) is 0. The third-order valence-electron chi connectivity index (χ3n) is 4.94. The van der Waals surface area contributed by atoms with Crippen LogP contribution < -0.4 is 4.74 Å². The number of carbonyl (C=O) groups is 1. The predicted octanol–water partition coefficient (Wildman–Crippen LogP) is 5.46. The largest absolute Gasteiger partial charge is 0.486 e. The number of nitrogens with zero attached hydrogens (tertiary/aromatic N) is 2. The van der Waals surface area contributed by atoms with Gasteiger partial charge in [-0.25, -0.2) is 4.98 Å². The summed E-state index contributed by atoms with van der Waals surface area (Å²) in [6.07, 6.45) is 0. The van der Waals surface area contributed by atoms with E-state index in [1.807, 2.05) is 84.9 Å². The highest BCUT2D eigenvalue weighted by molar-refractivity contribution is 6.01. The van der Waals surface area contributed by atoms with Crippen molar-refractivity contribution in [3.05, 3.63) is 108 Å². The molecule has 1 heterocycles. The van der Waals surface area contributed by atoms with Crippen molar-refractivity contribution in [1.82, 2.24) is 9.55 Å². The van der Waals surface area contributed by atoms with Crippen molar-refractivity contribution in [3.63, 3.8) is 0 Å². The van der Waals surface area contributed by atoms with Crippen molar-refractivity contribution in [3.8, 4) is 5.75 Å². The molecule has 0 aliphatic carbocycles. The van der Waals surface area contributed by atoms with Gasteiger partial charge >= 0.3 is 0 Å². The molecule has 0 unspecified atom stereocenters. The lowest BCUT2D eigenvalue weighted by Crippen LogP contribution is -2.16. The molecule has 0 saturated heterocycles. The Hall–Kier alpha value is -3.92. The molecule has 0 N–H and O–H groups in total. The van der Waals surface area contributed by atoms with Crippen LogP contribution in [0.2, 0.25) is 0 Å². The van der Waals surface area contributed by atoms with Crippen LogP contribution in [0.3, 0.4) is 0 Å². The van der Waals surface area contributed by atoms with Gasteiger partial charge in [-0.15, -0.1) is 0 Å². The maximum atomic E-state index is 13.2. The quantitative estimate of drug-likeness (QED) is 0.417. The van der Waals surface area contributed by atoms with Crippen LogP contribution in [0.5, 0.6) is 5.75 Å². The fourth-order valence-electron chi connectivity index (χ4n) is 3.51. The fraction of sp³-hybridized carbons (Fsp3) is 0.0400. The molecule has 0 amide bonds. The van der Waals surface area contributed by atoms with Crippen LogP contribution in [0, 0.1) is 0 Å². The van der Waals surface area contributed by atoms with E-state index in [0.29, 0.717) is 11.4 Å². The van der Waals surface area contributed by atoms with Gasteiger partial charge in [0, 0.05) is 5.56 Å². The van der Waals surface area contributed by atoms with E-state index >= 15 is 0 Å². The van der Waals surface area contributed by atoms with Crippen molar-refractivity contribution in [2.45, 2.75) is 6.61 Å². The Kier molecular flexibility index (Phi) is 4.30. The number of fused-ring (bicyclic) bond motifs is 2. The first-order valence-electron chi connectivity index (χ1n) is 9.47. The van der Waals surface area contributed by atoms with E-state index in [9.17, 15) is 4.79 Å². The summed E-state index contributed by atoms with van der Waals surface area (Å²) in [5.74, 6) is 1.21. The Morgan fingerprint density at radius 1 is 0.793 bits per heavy atom. The number of hydrogen-bond acceptors (Lipinski definition) is 3. The van der Waals surface area contributed by atoms with Gasteiger partial charge < -0.3 is 4.74 Å². The van der Waals surface area contributed by atoms with Gasteiger partial charge in [0.05, 0.1) is 11.0 Å². The second kappa shape index (κ2) is 7.24. The molecule has 29 heavy (non-hydrogen) atoms. The van der Waals surface area contributed by atoms with E-state index in [4.69, 9.17) is 4.74 Å². The maximum absolute atomic E-state index is 13.2. The number of benzene rings is 4. The summed E-state index contributed by atoms with van der Waals surface area (Å²) in [5.41, 5.74) is 2.16. The molecule has 0 radical (unpaired) electrons. The van der Waals surface area contributed by atoms with Gasteiger partial charge in [-0.05, 0) is 47.2 Å². The van der Waals surface area contributed by atoms with Gasteiger partial charge in [0.2, 0.25) is 0 Å². The number of aromatic nitrogens is 2. The second-order valence-corrected chi connectivity index (χ2v) is 6.82. The Morgan fingerprint density at radius 3 is 2.38 bits per heavy atom. The standard InChI is InChI=1S/C25H18N2O2/c28-25(19-9-2-1-3-10-19)27-23-13-7-6-12-22(23)26-24(27)17-29-21-15-14-18-8-4-5-11-20(18)16-21/h1-16H,17H2. The molecule has 0 fully saturated rings. The maximum Gasteiger partial charge on any atom is 0.263 e. The van der Waals surface area contributed by atoms with Crippen LogP contribution in [0.15, 0.2) is 97.1 Å². The summed E-state index contributed by atoms with van der Waals surface area (Å²) in [5, 5.41) is 2.27. The molecule has 5 rings (SSSR count). The van der Waals surface area contributed by atoms with Gasteiger partial charge in [-0.2, -0.15) is 0 Å². The molecule has 4 nitrogen and oxygen atoms in total. The van der Waals surface area contributed by atoms with Crippen LogP contribution in [0.25, 0.3) is 21.8 Å². The Labute approximate surface area is 168 Å². The van der Waals surface area contributed by atoms with E-state index in [1.165, 1.54) is 0 Å². The van der Waals surface area contributed by atoms with Gasteiger partial charge in [-0.1, -0.05) is 60.7 Å². The summed E-state index contributed by atoms with van der Waals surface area (Å²) in [4.78, 5) is 17.8. The summed E-state index contributed by atoms with van der Waals surface area (Å²) < 4.78 is 7.67. The zero-order chi connectivity index (χ0) is 19.6. The molecule has 4 aromatic carbocycles. The first-order chi connectivity index (χ1) is 14.3. The van der Waals surface area contributed by atoms with Crippen molar-refractivity contribution < 1.29 is 9.53 Å². The van der Waals surface area contributed by atoms with Crippen LogP contribution >= 0.6 is 0 Å². The molecule has 1 aromatic heterocycles. The van der Waals surface area contributed by atoms with Gasteiger partial charge in [0.15, 0.2) is 5.82 Å². The first-order valence-corrected chi connectivity index (χ1v) is 9.47. The van der Waals surface area contributed by atoms with Crippen molar-refractivity contribution >= 4 is 27.7 Å². The average Bonchev–Trinajstić information content (AvgIpc) is 3.16. The molecule has 140 valence electrons. The Bertz CT molecular complexity index is 1320. The van der Waals surface area contributed by atoms with E-state index in [0.717, 1.165) is 27.6 Å². The normalized spacial score (nSPS) is 11.0. The topological polar surface area (TPSA) is 44.1 Å². The minimum Gasteiger partial charge on any atom is -0.486 e. The number of imidazole rings is 1. The predicted molar refractivity (Wildman–Crippen MR) is 114 cm³/mol. The first kappa shape index (κ1) is 17.2. The van der Waals surface area contributed by atoms with E-state index in [-0.39, 0.29) is 12.5 Å². The molecule has 0 aliphatic rings. The monoisotopic (exact) mass is 378 g/mol. The summed E-state index contributed by atoms with van der Waals surface area (Å²) in [7, 11) is 0. The van der Waals surface area contributed by atoms with Gasteiger partial charge in [0.25, 0.3) is 5.91 Å². The summed E-state index contributed by atoms with van der Waals surface area (Å²) in [6, 6.07) is 31.0. The smallest absolute Gasteiger partial charge is 0.263 e. The van der Waals surface area contributed by atoms with E-state index in [1.54, 1.807) is 4.57 Å². The molecule has 0 atom stereocenters.